The largest absolute Gasteiger partial charge is 0.382 e. The van der Waals surface area contributed by atoms with E-state index in [1.54, 1.807) is 17.2 Å². The number of amides is 1. The van der Waals surface area contributed by atoms with Crippen LogP contribution in [0.15, 0.2) is 12.3 Å². The van der Waals surface area contributed by atoms with E-state index >= 15 is 0 Å². The van der Waals surface area contributed by atoms with Crippen LogP contribution in [0.5, 0.6) is 0 Å². The number of carbonyl (C=O) groups excluding carboxylic acids is 1. The summed E-state index contributed by atoms with van der Waals surface area (Å²) in [6, 6.07) is 1.60. The number of nitrogens with one attached hydrogen (secondary N) is 3. The van der Waals surface area contributed by atoms with Gasteiger partial charge in [-0.3, -0.25) is 15.0 Å². The summed E-state index contributed by atoms with van der Waals surface area (Å²) in [6.07, 6.45) is 3.16. The fourth-order valence-corrected chi connectivity index (χ4v) is 5.58. The fraction of sp³-hybridized carbons (Fsp3) is 0.684. The first-order valence-electron chi connectivity index (χ1n) is 10.4. The molecule has 0 aliphatic carbocycles. The van der Waals surface area contributed by atoms with E-state index in [-0.39, 0.29) is 47.6 Å². The molecule has 0 saturated carbocycles. The molecule has 1 amide bonds. The number of anilines is 1. The molecule has 0 bridgehead atoms. The Morgan fingerprint density at radius 1 is 1.33 bits per heavy atom. The molecule has 1 spiro atoms. The number of hydrogen-bond acceptors (Lipinski definition) is 9. The number of ether oxygens (including phenoxy) is 1. The van der Waals surface area contributed by atoms with Crippen LogP contribution >= 0.6 is 11.6 Å². The minimum absolute atomic E-state index is 0.0545. The van der Waals surface area contributed by atoms with Gasteiger partial charge in [0.1, 0.15) is 12.1 Å². The highest BCUT2D eigenvalue weighted by atomic mass is 35.5. The van der Waals surface area contributed by atoms with Gasteiger partial charge in [-0.05, 0) is 24.5 Å². The first-order valence-corrected chi connectivity index (χ1v) is 10.8. The second-order valence-electron chi connectivity index (χ2n) is 8.88. The van der Waals surface area contributed by atoms with Crippen LogP contribution in [0.1, 0.15) is 24.4 Å². The Balaban J connectivity index is 1.31. The van der Waals surface area contributed by atoms with Crippen molar-refractivity contribution in [3.63, 3.8) is 0 Å². The Morgan fingerprint density at radius 2 is 2.10 bits per heavy atom. The first kappa shape index (κ1) is 20.4. The monoisotopic (exact) mass is 436 g/mol. The molecule has 164 valence electrons. The normalized spacial score (nSPS) is 36.4. The van der Waals surface area contributed by atoms with Gasteiger partial charge in [0.15, 0.2) is 0 Å². The van der Waals surface area contributed by atoms with Crippen molar-refractivity contribution in [2.75, 3.05) is 39.1 Å². The maximum Gasteiger partial charge on any atom is 0.232 e. The Hall–Kier alpha value is -1.53. The summed E-state index contributed by atoms with van der Waals surface area (Å²) in [6.45, 7) is 3.12. The van der Waals surface area contributed by atoms with Gasteiger partial charge in [0.25, 0.3) is 0 Å². The zero-order valence-corrected chi connectivity index (χ0v) is 17.7. The molecule has 10 nitrogen and oxygen atoms in total. The van der Waals surface area contributed by atoms with Crippen molar-refractivity contribution in [2.45, 2.75) is 37.4 Å². The number of rotatable bonds is 2. The maximum absolute atomic E-state index is 13.4. The van der Waals surface area contributed by atoms with Gasteiger partial charge in [0.2, 0.25) is 5.91 Å². The summed E-state index contributed by atoms with van der Waals surface area (Å²) in [5, 5.41) is 3.98. The van der Waals surface area contributed by atoms with Gasteiger partial charge in [-0.15, -0.1) is 0 Å². The molecule has 30 heavy (non-hydrogen) atoms. The molecule has 7 N–H and O–H groups in total. The predicted molar refractivity (Wildman–Crippen MR) is 112 cm³/mol. The smallest absolute Gasteiger partial charge is 0.232 e. The Labute approximate surface area is 180 Å². The number of halogens is 1. The van der Waals surface area contributed by atoms with Crippen LogP contribution < -0.4 is 27.6 Å². The van der Waals surface area contributed by atoms with Crippen molar-refractivity contribution in [3.8, 4) is 0 Å². The second kappa shape index (κ2) is 7.56. The summed E-state index contributed by atoms with van der Waals surface area (Å²) < 4.78 is 5.63. The summed E-state index contributed by atoms with van der Waals surface area (Å²) in [5.41, 5.74) is 19.5. The number of likely N-dealkylation sites (tertiary alicyclic amines) is 1. The molecule has 4 fully saturated rings. The minimum atomic E-state index is -0.349. The van der Waals surface area contributed by atoms with E-state index in [1.165, 1.54) is 0 Å². The van der Waals surface area contributed by atoms with Crippen molar-refractivity contribution in [1.29, 1.82) is 0 Å². The molecule has 1 aromatic heterocycles. The molecule has 1 aromatic rings. The van der Waals surface area contributed by atoms with Gasteiger partial charge in [-0.25, -0.2) is 15.8 Å². The van der Waals surface area contributed by atoms with Crippen LogP contribution in [0.4, 0.5) is 5.82 Å². The third-order valence-corrected chi connectivity index (χ3v) is 7.75. The van der Waals surface area contributed by atoms with Crippen molar-refractivity contribution in [2.24, 2.45) is 17.1 Å². The van der Waals surface area contributed by atoms with Gasteiger partial charge >= 0.3 is 0 Å². The highest BCUT2D eigenvalue weighted by Gasteiger charge is 2.52. The van der Waals surface area contributed by atoms with Crippen LogP contribution in [-0.2, 0) is 9.53 Å². The van der Waals surface area contributed by atoms with Crippen LogP contribution in [0.25, 0.3) is 0 Å². The SMILES string of the molecule is CN1C(=O)C2C(NNC2c2ccnc(N)c2Cl)NC1N1CCC2(CC1)COC[C@H]2N. The van der Waals surface area contributed by atoms with Crippen molar-refractivity contribution >= 4 is 23.3 Å². The number of carbonyl (C=O) groups is 1. The number of hydrazine groups is 1. The molecule has 5 heterocycles. The number of pyridine rings is 1. The van der Waals surface area contributed by atoms with E-state index in [2.05, 4.69) is 26.1 Å². The Bertz CT molecular complexity index is 833. The lowest BCUT2D eigenvalue weighted by Gasteiger charge is -2.49. The molecule has 4 saturated heterocycles. The van der Waals surface area contributed by atoms with Crippen molar-refractivity contribution < 1.29 is 9.53 Å². The summed E-state index contributed by atoms with van der Waals surface area (Å²) >= 11 is 6.38. The average molecular weight is 437 g/mol. The quantitative estimate of drug-likeness (QED) is 0.403. The average Bonchev–Trinajstić information content (AvgIpc) is 3.32. The van der Waals surface area contributed by atoms with Gasteiger partial charge in [-0.2, -0.15) is 0 Å². The van der Waals surface area contributed by atoms with Crippen molar-refractivity contribution in [1.82, 2.24) is 31.0 Å². The third-order valence-electron chi connectivity index (χ3n) is 7.34. The lowest BCUT2D eigenvalue weighted by Crippen LogP contribution is -2.70. The molecular weight excluding hydrogens is 408 g/mol. The standard InChI is InChI=1S/C19H29ClN8O2/c1-27-17(29)12-14(10-2-5-23-15(22)13(10)20)25-26-16(12)24-18(27)28-6-3-19(4-7-28)9-30-8-11(19)21/h2,5,11-12,14,16,18,24-26H,3-4,6-9,21H2,1H3,(H2,22,23)/t11-,12?,14?,16?,18?/m1/s1. The van der Waals surface area contributed by atoms with Gasteiger partial charge in [-0.1, -0.05) is 11.6 Å². The minimum Gasteiger partial charge on any atom is -0.382 e. The van der Waals surface area contributed by atoms with E-state index in [0.717, 1.165) is 38.1 Å². The molecule has 4 aliphatic rings. The van der Waals surface area contributed by atoms with Gasteiger partial charge in [0, 0.05) is 37.8 Å². The topological polar surface area (TPSA) is 134 Å². The molecule has 0 aromatic carbocycles. The van der Waals surface area contributed by atoms with Gasteiger partial charge < -0.3 is 21.1 Å². The molecule has 4 unspecified atom stereocenters. The van der Waals surface area contributed by atoms with Crippen LogP contribution in [0.2, 0.25) is 5.02 Å². The Kier molecular flexibility index (Phi) is 5.13. The number of aromatic nitrogens is 1. The molecular formula is C19H29ClN8O2. The van der Waals surface area contributed by atoms with E-state index in [1.807, 2.05) is 7.05 Å². The highest BCUT2D eigenvalue weighted by Crippen LogP contribution is 2.41. The summed E-state index contributed by atoms with van der Waals surface area (Å²) in [5.74, 6) is -0.0320. The maximum atomic E-state index is 13.4. The zero-order valence-electron chi connectivity index (χ0n) is 17.0. The first-order chi connectivity index (χ1) is 14.4. The van der Waals surface area contributed by atoms with E-state index < -0.39 is 0 Å². The van der Waals surface area contributed by atoms with Crippen molar-refractivity contribution in [3.05, 3.63) is 22.8 Å². The lowest BCUT2D eigenvalue weighted by molar-refractivity contribution is -0.151. The molecule has 4 aliphatic heterocycles. The predicted octanol–water partition coefficient (Wildman–Crippen LogP) is -0.807. The second-order valence-corrected chi connectivity index (χ2v) is 9.26. The number of nitrogens with two attached hydrogens (primary N) is 2. The number of piperidine rings is 1. The van der Waals surface area contributed by atoms with Crippen LogP contribution in [0.3, 0.4) is 0 Å². The Morgan fingerprint density at radius 3 is 2.80 bits per heavy atom. The fourth-order valence-electron chi connectivity index (χ4n) is 5.35. The van der Waals surface area contributed by atoms with Crippen LogP contribution in [0, 0.1) is 11.3 Å². The lowest BCUT2D eigenvalue weighted by atomic mass is 9.75. The highest BCUT2D eigenvalue weighted by molar-refractivity contribution is 6.33. The number of hydrogen-bond donors (Lipinski definition) is 5. The van der Waals surface area contributed by atoms with E-state index in [4.69, 9.17) is 27.8 Å². The summed E-state index contributed by atoms with van der Waals surface area (Å²) in [7, 11) is 1.85. The van der Waals surface area contributed by atoms with Gasteiger partial charge in [0.05, 0.1) is 36.4 Å². The molecule has 5 rings (SSSR count). The van der Waals surface area contributed by atoms with E-state index in [0.29, 0.717) is 11.6 Å². The number of fused-ring (bicyclic) bond motifs is 1. The van der Waals surface area contributed by atoms with Crippen LogP contribution in [-0.4, -0.2) is 72.5 Å². The number of nitrogen functional groups attached to an aromatic ring is 1. The molecule has 11 heteroatoms. The van der Waals surface area contributed by atoms with E-state index in [9.17, 15) is 4.79 Å². The zero-order chi connectivity index (χ0) is 21.0. The number of nitrogens with zero attached hydrogens (tertiary/aromatic N) is 3. The third kappa shape index (κ3) is 3.10. The molecule has 0 radical (unpaired) electrons. The summed E-state index contributed by atoms with van der Waals surface area (Å²) in [4.78, 5) is 21.5. The molecule has 5 atom stereocenters.